The Morgan fingerprint density at radius 1 is 0.895 bits per heavy atom. The molecule has 4 heteroatoms. The maximum Gasteiger partial charge on any atom is 0.133 e. The first-order chi connectivity index (χ1) is 9.30. The quantitative estimate of drug-likeness (QED) is 0.671. The van der Waals surface area contributed by atoms with Crippen LogP contribution in [0, 0.1) is 0 Å². The lowest BCUT2D eigenvalue weighted by Gasteiger charge is -2.03. The molecule has 19 heavy (non-hydrogen) atoms. The van der Waals surface area contributed by atoms with Gasteiger partial charge in [-0.1, -0.05) is 30.3 Å². The molecule has 0 atom stereocenters. The lowest BCUT2D eigenvalue weighted by atomic mass is 10.0. The van der Waals surface area contributed by atoms with Crippen LogP contribution in [0.1, 0.15) is 11.4 Å². The summed E-state index contributed by atoms with van der Waals surface area (Å²) in [6.45, 7) is -0.0328. The number of fused-ring (bicyclic) bond motifs is 1. The molecular weight excluding hydrogens is 240 g/mol. The smallest absolute Gasteiger partial charge is 0.133 e. The summed E-state index contributed by atoms with van der Waals surface area (Å²) in [5, 5.41) is 18.1. The molecular formula is C15H14N2O2. The second kappa shape index (κ2) is 4.84. The highest BCUT2D eigenvalue weighted by molar-refractivity contribution is 5.82. The molecule has 3 aromatic rings. The summed E-state index contributed by atoms with van der Waals surface area (Å²) >= 11 is 0. The maximum absolute atomic E-state index is 9.07. The Morgan fingerprint density at radius 2 is 1.63 bits per heavy atom. The van der Waals surface area contributed by atoms with Crippen molar-refractivity contribution in [3.05, 3.63) is 53.9 Å². The first kappa shape index (κ1) is 11.9. The highest BCUT2D eigenvalue weighted by Crippen LogP contribution is 2.23. The van der Waals surface area contributed by atoms with Gasteiger partial charge in [-0.05, 0) is 28.8 Å². The monoisotopic (exact) mass is 254 g/mol. The van der Waals surface area contributed by atoms with E-state index in [2.05, 4.69) is 9.97 Å². The zero-order valence-electron chi connectivity index (χ0n) is 10.3. The van der Waals surface area contributed by atoms with E-state index in [0.717, 1.165) is 27.7 Å². The molecule has 96 valence electrons. The van der Waals surface area contributed by atoms with Gasteiger partial charge in [-0.25, -0.2) is 4.98 Å². The number of imidazole rings is 1. The van der Waals surface area contributed by atoms with Crippen LogP contribution >= 0.6 is 0 Å². The Labute approximate surface area is 110 Å². The Kier molecular flexibility index (Phi) is 3.03. The number of hydrogen-bond acceptors (Lipinski definition) is 3. The van der Waals surface area contributed by atoms with Crippen LogP contribution in [0.15, 0.2) is 42.5 Å². The van der Waals surface area contributed by atoms with Crippen LogP contribution in [0.2, 0.25) is 0 Å². The number of aliphatic hydroxyl groups excluding tert-OH is 2. The first-order valence-corrected chi connectivity index (χ1v) is 6.10. The van der Waals surface area contributed by atoms with Crippen molar-refractivity contribution in [3.8, 4) is 11.1 Å². The number of nitrogens with one attached hydrogen (secondary N) is 1. The van der Waals surface area contributed by atoms with Crippen molar-refractivity contribution in [2.45, 2.75) is 13.2 Å². The fraction of sp³-hybridized carbons (Fsp3) is 0.133. The van der Waals surface area contributed by atoms with E-state index in [1.165, 1.54) is 0 Å². The predicted octanol–water partition coefficient (Wildman–Crippen LogP) is 2.21. The van der Waals surface area contributed by atoms with Crippen molar-refractivity contribution in [3.63, 3.8) is 0 Å². The van der Waals surface area contributed by atoms with Crippen molar-refractivity contribution < 1.29 is 10.2 Å². The number of nitrogens with zero attached hydrogens (tertiary/aromatic N) is 1. The van der Waals surface area contributed by atoms with Crippen LogP contribution in [0.25, 0.3) is 22.2 Å². The molecule has 0 unspecified atom stereocenters. The molecule has 0 aliphatic heterocycles. The third-order valence-corrected chi connectivity index (χ3v) is 3.15. The Morgan fingerprint density at radius 3 is 2.32 bits per heavy atom. The zero-order valence-corrected chi connectivity index (χ0v) is 10.3. The zero-order chi connectivity index (χ0) is 13.2. The highest BCUT2D eigenvalue weighted by atomic mass is 16.3. The SMILES string of the molecule is OCc1ccc(-c2ccc3nc(CO)[nH]c3c2)cc1. The van der Waals surface area contributed by atoms with Crippen molar-refractivity contribution >= 4 is 11.0 Å². The van der Waals surface area contributed by atoms with Crippen molar-refractivity contribution in [2.24, 2.45) is 0 Å². The molecule has 2 aromatic carbocycles. The summed E-state index contributed by atoms with van der Waals surface area (Å²) in [5.41, 5.74) is 4.81. The Bertz CT molecular complexity index is 702. The minimum Gasteiger partial charge on any atom is -0.392 e. The van der Waals surface area contributed by atoms with Crippen molar-refractivity contribution in [2.75, 3.05) is 0 Å². The second-order valence-corrected chi connectivity index (χ2v) is 4.43. The van der Waals surface area contributed by atoms with Crippen LogP contribution in [-0.4, -0.2) is 20.2 Å². The molecule has 0 saturated carbocycles. The molecule has 1 heterocycles. The van der Waals surface area contributed by atoms with Crippen molar-refractivity contribution in [1.82, 2.24) is 9.97 Å². The summed E-state index contributed by atoms with van der Waals surface area (Å²) in [6, 6.07) is 13.7. The van der Waals surface area contributed by atoms with Gasteiger partial charge in [0.05, 0.1) is 17.6 Å². The van der Waals surface area contributed by atoms with Gasteiger partial charge >= 0.3 is 0 Å². The van der Waals surface area contributed by atoms with Crippen LogP contribution in [0.5, 0.6) is 0 Å². The molecule has 0 fully saturated rings. The number of aromatic amines is 1. The van der Waals surface area contributed by atoms with Crippen LogP contribution in [-0.2, 0) is 13.2 Å². The maximum atomic E-state index is 9.07. The van der Waals surface area contributed by atoms with Gasteiger partial charge in [0.15, 0.2) is 0 Å². The standard InChI is InChI=1S/C15H14N2O2/c18-8-10-1-3-11(4-2-10)12-5-6-13-14(7-12)17-15(9-19)16-13/h1-7,18-19H,8-9H2,(H,16,17). The molecule has 3 N–H and O–H groups in total. The van der Waals surface area contributed by atoms with E-state index in [0.29, 0.717) is 5.82 Å². The third-order valence-electron chi connectivity index (χ3n) is 3.15. The molecule has 0 saturated heterocycles. The second-order valence-electron chi connectivity index (χ2n) is 4.43. The van der Waals surface area contributed by atoms with E-state index in [9.17, 15) is 0 Å². The first-order valence-electron chi connectivity index (χ1n) is 6.10. The molecule has 0 spiro atoms. The van der Waals surface area contributed by atoms with E-state index in [4.69, 9.17) is 10.2 Å². The summed E-state index contributed by atoms with van der Waals surface area (Å²) in [5.74, 6) is 0.572. The topological polar surface area (TPSA) is 69.1 Å². The summed E-state index contributed by atoms with van der Waals surface area (Å²) in [7, 11) is 0. The normalized spacial score (nSPS) is 11.1. The fourth-order valence-corrected chi connectivity index (χ4v) is 2.12. The number of H-pyrrole nitrogens is 1. The number of aliphatic hydroxyl groups is 2. The lowest BCUT2D eigenvalue weighted by Crippen LogP contribution is -1.83. The van der Waals surface area contributed by atoms with E-state index >= 15 is 0 Å². The summed E-state index contributed by atoms with van der Waals surface area (Å²) in [4.78, 5) is 7.33. The molecule has 0 bridgehead atoms. The average Bonchev–Trinajstić information content (AvgIpc) is 2.89. The summed E-state index contributed by atoms with van der Waals surface area (Å²) in [6.07, 6.45) is 0. The molecule has 0 amide bonds. The summed E-state index contributed by atoms with van der Waals surface area (Å²) < 4.78 is 0. The van der Waals surface area contributed by atoms with Gasteiger partial charge in [0.25, 0.3) is 0 Å². The predicted molar refractivity (Wildman–Crippen MR) is 73.4 cm³/mol. The largest absolute Gasteiger partial charge is 0.392 e. The van der Waals surface area contributed by atoms with E-state index in [-0.39, 0.29) is 13.2 Å². The van der Waals surface area contributed by atoms with Gasteiger partial charge in [-0.15, -0.1) is 0 Å². The molecule has 0 aliphatic carbocycles. The average molecular weight is 254 g/mol. The molecule has 1 aromatic heterocycles. The highest BCUT2D eigenvalue weighted by Gasteiger charge is 2.04. The third kappa shape index (κ3) is 2.23. The minimum atomic E-state index is -0.0881. The van der Waals surface area contributed by atoms with Gasteiger partial charge in [0.1, 0.15) is 12.4 Å². The van der Waals surface area contributed by atoms with E-state index in [1.807, 2.05) is 42.5 Å². The number of hydrogen-bond donors (Lipinski definition) is 3. The molecule has 4 nitrogen and oxygen atoms in total. The van der Waals surface area contributed by atoms with Crippen LogP contribution in [0.3, 0.4) is 0 Å². The van der Waals surface area contributed by atoms with Gasteiger partial charge in [-0.2, -0.15) is 0 Å². The van der Waals surface area contributed by atoms with Crippen molar-refractivity contribution in [1.29, 1.82) is 0 Å². The lowest BCUT2D eigenvalue weighted by molar-refractivity contribution is 0.273. The molecule has 0 radical (unpaired) electrons. The fourth-order valence-electron chi connectivity index (χ4n) is 2.12. The van der Waals surface area contributed by atoms with E-state index < -0.39 is 0 Å². The molecule has 0 aliphatic rings. The minimum absolute atomic E-state index is 0.0553. The Hall–Kier alpha value is -2.17. The van der Waals surface area contributed by atoms with Gasteiger partial charge in [-0.3, -0.25) is 0 Å². The number of aromatic nitrogens is 2. The van der Waals surface area contributed by atoms with Crippen LogP contribution in [0.4, 0.5) is 0 Å². The van der Waals surface area contributed by atoms with E-state index in [1.54, 1.807) is 0 Å². The van der Waals surface area contributed by atoms with Gasteiger partial charge in [0, 0.05) is 0 Å². The van der Waals surface area contributed by atoms with Gasteiger partial charge in [0.2, 0.25) is 0 Å². The Balaban J connectivity index is 2.03. The number of benzene rings is 2. The number of rotatable bonds is 3. The molecule has 3 rings (SSSR count). The van der Waals surface area contributed by atoms with Gasteiger partial charge < -0.3 is 15.2 Å². The van der Waals surface area contributed by atoms with Crippen LogP contribution < -0.4 is 0 Å².